The third-order valence-corrected chi connectivity index (χ3v) is 2.37. The Labute approximate surface area is 83.7 Å². The van der Waals surface area contributed by atoms with Gasteiger partial charge in [-0.15, -0.1) is 0 Å². The molecule has 4 nitrogen and oxygen atoms in total. The molecule has 1 saturated heterocycles. The predicted molar refractivity (Wildman–Crippen MR) is 53.2 cm³/mol. The molecule has 14 heavy (non-hydrogen) atoms. The van der Waals surface area contributed by atoms with Gasteiger partial charge in [-0.3, -0.25) is 0 Å². The molecule has 76 valence electrons. The maximum Gasteiger partial charge on any atom is 0.316 e. The van der Waals surface area contributed by atoms with Crippen molar-refractivity contribution in [2.45, 2.75) is 25.3 Å². The van der Waals surface area contributed by atoms with E-state index in [4.69, 9.17) is 4.74 Å². The van der Waals surface area contributed by atoms with Crippen LogP contribution >= 0.6 is 0 Å². The van der Waals surface area contributed by atoms with Gasteiger partial charge in [0.25, 0.3) is 0 Å². The Morgan fingerprint density at radius 3 is 2.93 bits per heavy atom. The largest absolute Gasteiger partial charge is 0.462 e. The first-order valence-corrected chi connectivity index (χ1v) is 5.08. The molecule has 1 aliphatic rings. The molecule has 1 aromatic heterocycles. The van der Waals surface area contributed by atoms with E-state index in [1.54, 1.807) is 18.5 Å². The number of nitrogens with one attached hydrogen (secondary N) is 1. The van der Waals surface area contributed by atoms with Crippen LogP contribution in [0.1, 0.15) is 19.3 Å². The summed E-state index contributed by atoms with van der Waals surface area (Å²) in [5, 5.41) is 3.41. The molecule has 0 unspecified atom stereocenters. The third kappa shape index (κ3) is 2.67. The van der Waals surface area contributed by atoms with Crippen molar-refractivity contribution in [2.24, 2.45) is 0 Å². The van der Waals surface area contributed by atoms with E-state index in [9.17, 15) is 0 Å². The molecule has 0 spiro atoms. The lowest BCUT2D eigenvalue weighted by Gasteiger charge is -2.22. The van der Waals surface area contributed by atoms with Crippen molar-refractivity contribution >= 4 is 0 Å². The Morgan fingerprint density at radius 1 is 1.36 bits per heavy atom. The fraction of sp³-hybridized carbons (Fsp3) is 0.600. The minimum absolute atomic E-state index is 0.465. The van der Waals surface area contributed by atoms with Crippen molar-refractivity contribution in [2.75, 3.05) is 13.2 Å². The number of hydrogen-bond acceptors (Lipinski definition) is 4. The molecule has 2 heterocycles. The topological polar surface area (TPSA) is 47.0 Å². The first-order chi connectivity index (χ1) is 6.95. The van der Waals surface area contributed by atoms with Crippen LogP contribution < -0.4 is 10.1 Å². The standard InChI is InChI=1S/C10H15N3O/c1-2-5-11-9(4-1)8-14-10-12-6-3-7-13-10/h3,6-7,9,11H,1-2,4-5,8H2/t9-/m1/s1. The normalized spacial score (nSPS) is 21.9. The van der Waals surface area contributed by atoms with Crippen LogP contribution in [0, 0.1) is 0 Å². The summed E-state index contributed by atoms with van der Waals surface area (Å²) in [5.41, 5.74) is 0. The van der Waals surface area contributed by atoms with Crippen LogP contribution in [0.25, 0.3) is 0 Å². The quantitative estimate of drug-likeness (QED) is 0.778. The van der Waals surface area contributed by atoms with Crippen LogP contribution in [-0.4, -0.2) is 29.2 Å². The predicted octanol–water partition coefficient (Wildman–Crippen LogP) is 0.998. The number of hydrogen-bond donors (Lipinski definition) is 1. The highest BCUT2D eigenvalue weighted by Crippen LogP contribution is 2.08. The van der Waals surface area contributed by atoms with Crippen LogP contribution in [0.15, 0.2) is 18.5 Å². The number of ether oxygens (including phenoxy) is 1. The van der Waals surface area contributed by atoms with E-state index in [0.717, 1.165) is 6.54 Å². The average Bonchev–Trinajstić information content (AvgIpc) is 2.29. The fourth-order valence-corrected chi connectivity index (χ4v) is 1.60. The summed E-state index contributed by atoms with van der Waals surface area (Å²) in [5.74, 6) is 0. The molecule has 1 fully saturated rings. The Hall–Kier alpha value is -1.16. The van der Waals surface area contributed by atoms with Crippen molar-refractivity contribution < 1.29 is 4.74 Å². The highest BCUT2D eigenvalue weighted by atomic mass is 16.5. The minimum atomic E-state index is 0.465. The Morgan fingerprint density at radius 2 is 2.21 bits per heavy atom. The van der Waals surface area contributed by atoms with Gasteiger partial charge in [0.2, 0.25) is 0 Å². The molecular formula is C10H15N3O. The van der Waals surface area contributed by atoms with Gasteiger partial charge >= 0.3 is 6.01 Å². The second-order valence-corrected chi connectivity index (χ2v) is 3.49. The van der Waals surface area contributed by atoms with Gasteiger partial charge in [-0.2, -0.15) is 0 Å². The highest BCUT2D eigenvalue weighted by molar-refractivity contribution is 4.93. The molecule has 0 aliphatic carbocycles. The number of aromatic nitrogens is 2. The molecule has 1 atom stereocenters. The zero-order valence-corrected chi connectivity index (χ0v) is 8.15. The van der Waals surface area contributed by atoms with Gasteiger partial charge in [0.15, 0.2) is 0 Å². The van der Waals surface area contributed by atoms with Crippen LogP contribution in [0.4, 0.5) is 0 Å². The first-order valence-electron chi connectivity index (χ1n) is 5.08. The Bertz CT molecular complexity index is 259. The molecule has 0 radical (unpaired) electrons. The molecule has 1 aliphatic heterocycles. The van der Waals surface area contributed by atoms with E-state index in [0.29, 0.717) is 18.7 Å². The summed E-state index contributed by atoms with van der Waals surface area (Å²) in [7, 11) is 0. The van der Waals surface area contributed by atoms with Crippen molar-refractivity contribution in [3.8, 4) is 6.01 Å². The lowest BCUT2D eigenvalue weighted by atomic mass is 10.1. The number of nitrogens with zero attached hydrogens (tertiary/aromatic N) is 2. The molecule has 4 heteroatoms. The van der Waals surface area contributed by atoms with Gasteiger partial charge in [-0.25, -0.2) is 9.97 Å². The number of piperidine rings is 1. The summed E-state index contributed by atoms with van der Waals surface area (Å²) in [6, 6.07) is 2.72. The monoisotopic (exact) mass is 193 g/mol. The molecule has 0 saturated carbocycles. The molecule has 0 aromatic carbocycles. The maximum absolute atomic E-state index is 5.46. The smallest absolute Gasteiger partial charge is 0.316 e. The van der Waals surface area contributed by atoms with Crippen LogP contribution in [0.5, 0.6) is 6.01 Å². The van der Waals surface area contributed by atoms with Gasteiger partial charge in [-0.05, 0) is 25.5 Å². The van der Waals surface area contributed by atoms with Gasteiger partial charge < -0.3 is 10.1 Å². The zero-order valence-electron chi connectivity index (χ0n) is 8.15. The molecule has 0 bridgehead atoms. The summed E-state index contributed by atoms with van der Waals surface area (Å²) < 4.78 is 5.46. The van der Waals surface area contributed by atoms with E-state index in [1.807, 2.05) is 0 Å². The fourth-order valence-electron chi connectivity index (χ4n) is 1.60. The van der Waals surface area contributed by atoms with E-state index in [-0.39, 0.29) is 0 Å². The Balaban J connectivity index is 1.76. The Kier molecular flexibility index (Phi) is 3.29. The van der Waals surface area contributed by atoms with Crippen molar-refractivity contribution in [3.63, 3.8) is 0 Å². The molecule has 0 amide bonds. The summed E-state index contributed by atoms with van der Waals surface area (Å²) in [6.07, 6.45) is 7.13. The highest BCUT2D eigenvalue weighted by Gasteiger charge is 2.13. The minimum Gasteiger partial charge on any atom is -0.462 e. The SMILES string of the molecule is c1cnc(OC[C@H]2CCCCN2)nc1. The van der Waals surface area contributed by atoms with Crippen molar-refractivity contribution in [3.05, 3.63) is 18.5 Å². The zero-order chi connectivity index (χ0) is 9.64. The van der Waals surface area contributed by atoms with Gasteiger partial charge in [0, 0.05) is 18.4 Å². The molecular weight excluding hydrogens is 178 g/mol. The van der Waals surface area contributed by atoms with E-state index in [2.05, 4.69) is 15.3 Å². The van der Waals surface area contributed by atoms with E-state index in [1.165, 1.54) is 19.3 Å². The third-order valence-electron chi connectivity index (χ3n) is 2.37. The first kappa shape index (κ1) is 9.40. The maximum atomic E-state index is 5.46. The van der Waals surface area contributed by atoms with E-state index < -0.39 is 0 Å². The van der Waals surface area contributed by atoms with Crippen LogP contribution in [0.2, 0.25) is 0 Å². The van der Waals surface area contributed by atoms with Crippen molar-refractivity contribution in [1.82, 2.24) is 15.3 Å². The summed E-state index contributed by atoms with van der Waals surface area (Å²) in [4.78, 5) is 8.00. The van der Waals surface area contributed by atoms with Gasteiger partial charge in [0.1, 0.15) is 6.61 Å². The second kappa shape index (κ2) is 4.91. The number of rotatable bonds is 3. The molecule has 2 rings (SSSR count). The lowest BCUT2D eigenvalue weighted by Crippen LogP contribution is -2.38. The van der Waals surface area contributed by atoms with Crippen LogP contribution in [-0.2, 0) is 0 Å². The van der Waals surface area contributed by atoms with Gasteiger partial charge in [-0.1, -0.05) is 6.42 Å². The summed E-state index contributed by atoms with van der Waals surface area (Å²) >= 11 is 0. The molecule has 1 N–H and O–H groups in total. The van der Waals surface area contributed by atoms with Crippen LogP contribution in [0.3, 0.4) is 0 Å². The second-order valence-electron chi connectivity index (χ2n) is 3.49. The lowest BCUT2D eigenvalue weighted by molar-refractivity contribution is 0.224. The summed E-state index contributed by atoms with van der Waals surface area (Å²) in [6.45, 7) is 1.77. The van der Waals surface area contributed by atoms with Gasteiger partial charge in [0.05, 0.1) is 0 Å². The molecule has 1 aromatic rings. The van der Waals surface area contributed by atoms with E-state index >= 15 is 0 Å². The average molecular weight is 193 g/mol. The van der Waals surface area contributed by atoms with Crippen molar-refractivity contribution in [1.29, 1.82) is 0 Å².